The van der Waals surface area contributed by atoms with E-state index in [1.165, 1.54) is 0 Å². The molecular weight excluding hydrogens is 263 g/mol. The number of hydrogen-bond acceptors (Lipinski definition) is 1. The lowest BCUT2D eigenvalue weighted by Crippen LogP contribution is -2.45. The highest BCUT2D eigenvalue weighted by Crippen LogP contribution is 2.38. The summed E-state index contributed by atoms with van der Waals surface area (Å²) in [5.41, 5.74) is 0.905. The Morgan fingerprint density at radius 2 is 1.20 bits per heavy atom. The summed E-state index contributed by atoms with van der Waals surface area (Å²) in [6.45, 7) is 12.8. The van der Waals surface area contributed by atoms with Crippen LogP contribution in [-0.2, 0) is 4.12 Å². The molecule has 15 heavy (non-hydrogen) atoms. The van der Waals surface area contributed by atoms with Crippen LogP contribution in [0, 0.1) is 0 Å². The molecule has 0 fully saturated rings. The van der Waals surface area contributed by atoms with E-state index in [-0.39, 0.29) is 0 Å². The molecule has 0 saturated heterocycles. The van der Waals surface area contributed by atoms with Crippen LogP contribution in [0.5, 0.6) is 0 Å². The Bertz CT molecular complexity index is 178. The van der Waals surface area contributed by atoms with Crippen LogP contribution in [0.25, 0.3) is 0 Å². The summed E-state index contributed by atoms with van der Waals surface area (Å²) < 4.78 is 6.14. The zero-order valence-electron chi connectivity index (χ0n) is 10.7. The summed E-state index contributed by atoms with van der Waals surface area (Å²) in [6.07, 6.45) is 2.13. The van der Waals surface area contributed by atoms with Gasteiger partial charge in [-0.2, -0.15) is 0 Å². The van der Waals surface area contributed by atoms with Gasteiger partial charge in [-0.3, -0.25) is 0 Å². The van der Waals surface area contributed by atoms with Crippen molar-refractivity contribution < 1.29 is 4.12 Å². The van der Waals surface area contributed by atoms with E-state index in [0.29, 0.717) is 11.1 Å². The second-order valence-electron chi connectivity index (χ2n) is 4.69. The van der Waals surface area contributed by atoms with Gasteiger partial charge in [0.15, 0.2) is 0 Å². The van der Waals surface area contributed by atoms with Gasteiger partial charge in [0.25, 0.3) is 15.3 Å². The van der Waals surface area contributed by atoms with E-state index in [1.807, 2.05) is 0 Å². The van der Waals surface area contributed by atoms with E-state index in [4.69, 9.17) is 26.3 Å². The van der Waals surface area contributed by atoms with Crippen LogP contribution in [0.1, 0.15) is 40.5 Å². The summed E-state index contributed by atoms with van der Waals surface area (Å²) >= 11 is 13.1. The maximum Gasteiger partial charge on any atom is 0.280 e. The van der Waals surface area contributed by atoms with Gasteiger partial charge in [0.1, 0.15) is 0 Å². The van der Waals surface area contributed by atoms with Crippen molar-refractivity contribution in [1.82, 2.24) is 0 Å². The topological polar surface area (TPSA) is 9.23 Å². The Hall–Kier alpha value is 0.974. The van der Waals surface area contributed by atoms with Crippen LogP contribution in [0.2, 0.25) is 24.2 Å². The Labute approximate surface area is 106 Å². The summed E-state index contributed by atoms with van der Waals surface area (Å²) in [5.74, 6) is 0. The number of rotatable bonds is 6. The maximum absolute atomic E-state index is 6.54. The summed E-state index contributed by atoms with van der Waals surface area (Å²) in [7, 11) is -4.24. The monoisotopic (exact) mass is 286 g/mol. The zero-order chi connectivity index (χ0) is 12.3. The first-order valence-corrected chi connectivity index (χ1v) is 12.7. The molecule has 4 atom stereocenters. The highest BCUT2D eigenvalue weighted by atomic mass is 35.6. The van der Waals surface area contributed by atoms with Gasteiger partial charge in [-0.15, -0.1) is 22.2 Å². The molecule has 1 nitrogen and oxygen atoms in total. The van der Waals surface area contributed by atoms with E-state index in [0.717, 1.165) is 12.8 Å². The fraction of sp³-hybridized carbons (Fsp3) is 1.00. The van der Waals surface area contributed by atoms with Gasteiger partial charge in [-0.05, 0) is 24.2 Å². The van der Waals surface area contributed by atoms with Crippen molar-refractivity contribution in [2.75, 3.05) is 0 Å². The third-order valence-corrected chi connectivity index (χ3v) is 14.5. The molecule has 0 aromatic heterocycles. The Balaban J connectivity index is 4.56. The molecule has 4 unspecified atom stereocenters. The van der Waals surface area contributed by atoms with Gasteiger partial charge in [-0.25, -0.2) is 0 Å². The van der Waals surface area contributed by atoms with E-state index in [9.17, 15) is 0 Å². The van der Waals surface area contributed by atoms with Crippen molar-refractivity contribution in [2.24, 2.45) is 0 Å². The van der Waals surface area contributed by atoms with Crippen molar-refractivity contribution in [3.05, 3.63) is 0 Å². The van der Waals surface area contributed by atoms with E-state index in [1.54, 1.807) is 0 Å². The van der Waals surface area contributed by atoms with Crippen LogP contribution >= 0.6 is 22.2 Å². The third kappa shape index (κ3) is 4.78. The van der Waals surface area contributed by atoms with Crippen LogP contribution in [0.15, 0.2) is 0 Å². The van der Waals surface area contributed by atoms with Crippen molar-refractivity contribution >= 4 is 37.4 Å². The summed E-state index contributed by atoms with van der Waals surface area (Å²) in [4.78, 5) is 0. The SMILES string of the molecule is CCC(C)[Si](C)(Cl)O[Si](C)(Cl)C(C)CC. The highest BCUT2D eigenvalue weighted by molar-refractivity contribution is 7.26. The average molecular weight is 287 g/mol. The van der Waals surface area contributed by atoms with Crippen molar-refractivity contribution in [3.63, 3.8) is 0 Å². The molecule has 0 aliphatic carbocycles. The van der Waals surface area contributed by atoms with Gasteiger partial charge in [0.05, 0.1) is 0 Å². The smallest absolute Gasteiger partial charge is 0.280 e. The fourth-order valence-corrected chi connectivity index (χ4v) is 11.7. The molecule has 0 aromatic rings. The summed E-state index contributed by atoms with van der Waals surface area (Å²) in [5, 5.41) is 0. The minimum Gasteiger partial charge on any atom is -0.433 e. The van der Waals surface area contributed by atoms with E-state index < -0.39 is 15.3 Å². The standard InChI is InChI=1S/C10H24Cl2OSi2/c1-7-9(3)14(5,11)13-15(6,12)10(4)8-2/h9-10H,7-8H2,1-6H3. The van der Waals surface area contributed by atoms with E-state index >= 15 is 0 Å². The third-order valence-electron chi connectivity index (χ3n) is 3.38. The maximum atomic E-state index is 6.54. The lowest BCUT2D eigenvalue weighted by molar-refractivity contribution is 0.525. The molecule has 0 amide bonds. The molecule has 0 bridgehead atoms. The Morgan fingerprint density at radius 3 is 1.40 bits per heavy atom. The van der Waals surface area contributed by atoms with Crippen molar-refractivity contribution in [3.8, 4) is 0 Å². The first kappa shape index (κ1) is 16.0. The minimum absolute atomic E-state index is 0.453. The molecule has 0 aromatic carbocycles. The molecule has 0 radical (unpaired) electrons. The first-order chi connectivity index (χ1) is 6.67. The van der Waals surface area contributed by atoms with E-state index in [2.05, 4.69) is 40.8 Å². The highest BCUT2D eigenvalue weighted by Gasteiger charge is 2.43. The molecule has 0 spiro atoms. The summed E-state index contributed by atoms with van der Waals surface area (Å²) in [6, 6.07) is 0. The molecule has 0 heterocycles. The van der Waals surface area contributed by atoms with Crippen LogP contribution in [-0.4, -0.2) is 15.3 Å². The van der Waals surface area contributed by atoms with Gasteiger partial charge < -0.3 is 4.12 Å². The minimum atomic E-state index is -2.12. The zero-order valence-corrected chi connectivity index (χ0v) is 14.2. The molecule has 5 heteroatoms. The van der Waals surface area contributed by atoms with Gasteiger partial charge in [0, 0.05) is 0 Å². The lowest BCUT2D eigenvalue weighted by Gasteiger charge is -2.36. The van der Waals surface area contributed by atoms with Gasteiger partial charge in [0.2, 0.25) is 0 Å². The largest absolute Gasteiger partial charge is 0.433 e. The molecule has 0 aliphatic heterocycles. The van der Waals surface area contributed by atoms with Crippen LogP contribution < -0.4 is 0 Å². The lowest BCUT2D eigenvalue weighted by atomic mass is 10.4. The predicted molar refractivity (Wildman–Crippen MR) is 75.5 cm³/mol. The molecule has 0 aliphatic rings. The molecule has 92 valence electrons. The van der Waals surface area contributed by atoms with Crippen LogP contribution in [0.3, 0.4) is 0 Å². The van der Waals surface area contributed by atoms with Crippen molar-refractivity contribution in [1.29, 1.82) is 0 Å². The first-order valence-electron chi connectivity index (χ1n) is 5.75. The van der Waals surface area contributed by atoms with Crippen LogP contribution in [0.4, 0.5) is 0 Å². The molecule has 0 rings (SSSR count). The normalized spacial score (nSPS) is 24.0. The molecule has 0 N–H and O–H groups in total. The van der Waals surface area contributed by atoms with Crippen molar-refractivity contribution in [2.45, 2.75) is 64.7 Å². The second-order valence-corrected chi connectivity index (χ2v) is 15.9. The molecular formula is C10H24Cl2OSi2. The Kier molecular flexibility index (Phi) is 6.45. The average Bonchev–Trinajstić information content (AvgIpc) is 2.13. The number of halogens is 2. The predicted octanol–water partition coefficient (Wildman–Crippen LogP) is 5.22. The number of hydrogen-bond donors (Lipinski definition) is 0. The molecule has 0 saturated carbocycles. The van der Waals surface area contributed by atoms with Gasteiger partial charge >= 0.3 is 0 Å². The fourth-order valence-electron chi connectivity index (χ4n) is 1.32. The quantitative estimate of drug-likeness (QED) is 0.480. The Morgan fingerprint density at radius 1 is 0.933 bits per heavy atom. The van der Waals surface area contributed by atoms with Gasteiger partial charge in [-0.1, -0.05) is 40.5 Å². The second kappa shape index (κ2) is 6.06.